The van der Waals surface area contributed by atoms with Gasteiger partial charge in [0.25, 0.3) is 0 Å². The Morgan fingerprint density at radius 1 is 0.450 bits per heavy atom. The van der Waals surface area contributed by atoms with E-state index in [4.69, 9.17) is 4.74 Å². The molecule has 0 saturated carbocycles. The fraction of sp³-hybridized carbons (Fsp3) is 0.926. The number of ether oxygens (including phenoxy) is 1. The van der Waals surface area contributed by atoms with Crippen LogP contribution in [0.15, 0.2) is 12.2 Å². The summed E-state index contributed by atoms with van der Waals surface area (Å²) in [4.78, 5) is 24.5. The molecule has 6 heteroatoms. The molecular weight excluding hydrogens is 743 g/mol. The van der Waals surface area contributed by atoms with E-state index in [-0.39, 0.29) is 18.5 Å². The van der Waals surface area contributed by atoms with Crippen LogP contribution < -0.4 is 5.32 Å². The maximum Gasteiger partial charge on any atom is 0.305 e. The molecular formula is C54H105NO5. The van der Waals surface area contributed by atoms with Gasteiger partial charge in [0.05, 0.1) is 25.4 Å². The molecule has 0 bridgehead atoms. The van der Waals surface area contributed by atoms with Gasteiger partial charge in [-0.05, 0) is 32.1 Å². The van der Waals surface area contributed by atoms with Crippen molar-refractivity contribution in [3.63, 3.8) is 0 Å². The van der Waals surface area contributed by atoms with E-state index in [0.717, 1.165) is 44.9 Å². The molecule has 0 aliphatic carbocycles. The minimum absolute atomic E-state index is 0.00199. The largest absolute Gasteiger partial charge is 0.466 e. The van der Waals surface area contributed by atoms with Gasteiger partial charge in [-0.3, -0.25) is 9.59 Å². The molecule has 356 valence electrons. The Morgan fingerprint density at radius 3 is 1.13 bits per heavy atom. The van der Waals surface area contributed by atoms with E-state index in [9.17, 15) is 19.8 Å². The van der Waals surface area contributed by atoms with Crippen LogP contribution in [0, 0.1) is 0 Å². The Bertz CT molecular complexity index is 893. The van der Waals surface area contributed by atoms with Crippen molar-refractivity contribution in [2.45, 2.75) is 309 Å². The molecule has 0 radical (unpaired) electrons. The molecule has 0 aromatic rings. The summed E-state index contributed by atoms with van der Waals surface area (Å²) in [6.45, 7) is 4.89. The van der Waals surface area contributed by atoms with Gasteiger partial charge in [0.15, 0.2) is 0 Å². The van der Waals surface area contributed by atoms with E-state index in [1.165, 1.54) is 225 Å². The fourth-order valence-electron chi connectivity index (χ4n) is 8.40. The van der Waals surface area contributed by atoms with Crippen molar-refractivity contribution in [2.24, 2.45) is 0 Å². The first-order valence-electron chi connectivity index (χ1n) is 27.0. The van der Waals surface area contributed by atoms with Crippen LogP contribution in [0.3, 0.4) is 0 Å². The van der Waals surface area contributed by atoms with E-state index >= 15 is 0 Å². The minimum Gasteiger partial charge on any atom is -0.466 e. The second-order valence-electron chi connectivity index (χ2n) is 18.6. The highest BCUT2D eigenvalue weighted by Gasteiger charge is 2.18. The predicted molar refractivity (Wildman–Crippen MR) is 260 cm³/mol. The lowest BCUT2D eigenvalue weighted by Crippen LogP contribution is -2.45. The fourth-order valence-corrected chi connectivity index (χ4v) is 8.40. The zero-order chi connectivity index (χ0) is 43.7. The highest BCUT2D eigenvalue weighted by molar-refractivity contribution is 5.76. The van der Waals surface area contributed by atoms with Crippen LogP contribution in [0.5, 0.6) is 0 Å². The third kappa shape index (κ3) is 46.1. The van der Waals surface area contributed by atoms with Gasteiger partial charge < -0.3 is 20.3 Å². The average molecular weight is 848 g/mol. The highest BCUT2D eigenvalue weighted by Crippen LogP contribution is 2.17. The van der Waals surface area contributed by atoms with Gasteiger partial charge in [0.1, 0.15) is 0 Å². The maximum atomic E-state index is 12.4. The Kier molecular flexibility index (Phi) is 49.1. The van der Waals surface area contributed by atoms with Crippen molar-refractivity contribution < 1.29 is 24.5 Å². The van der Waals surface area contributed by atoms with Gasteiger partial charge in [-0.1, -0.05) is 264 Å². The number of carbonyl (C=O) groups is 2. The number of esters is 1. The summed E-state index contributed by atoms with van der Waals surface area (Å²) in [6.07, 6.45) is 57.8. The summed E-state index contributed by atoms with van der Waals surface area (Å²) < 4.78 is 5.47. The van der Waals surface area contributed by atoms with Crippen LogP contribution >= 0.6 is 0 Å². The first-order valence-corrected chi connectivity index (χ1v) is 27.0. The molecule has 60 heavy (non-hydrogen) atoms. The Hall–Kier alpha value is -1.40. The van der Waals surface area contributed by atoms with Crippen LogP contribution in [0.1, 0.15) is 296 Å². The molecule has 0 fully saturated rings. The first-order chi connectivity index (χ1) is 29.5. The van der Waals surface area contributed by atoms with Gasteiger partial charge in [-0.15, -0.1) is 0 Å². The van der Waals surface area contributed by atoms with Crippen LogP contribution in [0.25, 0.3) is 0 Å². The van der Waals surface area contributed by atoms with Crippen LogP contribution in [-0.2, 0) is 14.3 Å². The lowest BCUT2D eigenvalue weighted by atomic mass is 10.0. The van der Waals surface area contributed by atoms with Crippen LogP contribution in [0.4, 0.5) is 0 Å². The molecule has 0 spiro atoms. The number of aliphatic hydroxyl groups excluding tert-OH is 2. The molecule has 0 aliphatic heterocycles. The zero-order valence-corrected chi connectivity index (χ0v) is 40.5. The lowest BCUT2D eigenvalue weighted by Gasteiger charge is -2.20. The van der Waals surface area contributed by atoms with Crippen molar-refractivity contribution in [3.8, 4) is 0 Å². The lowest BCUT2D eigenvalue weighted by molar-refractivity contribution is -0.143. The normalized spacial score (nSPS) is 12.7. The second kappa shape index (κ2) is 50.2. The molecule has 2 unspecified atom stereocenters. The molecule has 2 atom stereocenters. The van der Waals surface area contributed by atoms with Gasteiger partial charge in [0.2, 0.25) is 5.91 Å². The van der Waals surface area contributed by atoms with E-state index in [0.29, 0.717) is 19.4 Å². The van der Waals surface area contributed by atoms with E-state index < -0.39 is 12.1 Å². The summed E-state index contributed by atoms with van der Waals surface area (Å²) in [6, 6.07) is -0.632. The number of amides is 1. The predicted octanol–water partition coefficient (Wildman–Crippen LogP) is 16.1. The molecule has 1 amide bonds. The topological polar surface area (TPSA) is 95.9 Å². The maximum absolute atomic E-state index is 12.4. The van der Waals surface area contributed by atoms with Crippen molar-refractivity contribution in [2.75, 3.05) is 13.2 Å². The minimum atomic E-state index is -0.848. The Balaban J connectivity index is 3.44. The number of allylic oxidation sites excluding steroid dienone is 1. The van der Waals surface area contributed by atoms with Gasteiger partial charge in [0, 0.05) is 12.8 Å². The van der Waals surface area contributed by atoms with E-state index in [1.807, 2.05) is 6.08 Å². The highest BCUT2D eigenvalue weighted by atomic mass is 16.5. The zero-order valence-electron chi connectivity index (χ0n) is 40.5. The molecule has 0 aliphatic rings. The number of hydrogen-bond donors (Lipinski definition) is 3. The monoisotopic (exact) mass is 848 g/mol. The van der Waals surface area contributed by atoms with Crippen molar-refractivity contribution in [1.82, 2.24) is 5.32 Å². The second-order valence-corrected chi connectivity index (χ2v) is 18.6. The van der Waals surface area contributed by atoms with Crippen LogP contribution in [0.2, 0.25) is 0 Å². The molecule has 0 saturated heterocycles. The molecule has 0 aromatic carbocycles. The average Bonchev–Trinajstić information content (AvgIpc) is 3.25. The van der Waals surface area contributed by atoms with Gasteiger partial charge in [-0.2, -0.15) is 0 Å². The first kappa shape index (κ1) is 58.6. The Labute approximate surface area is 374 Å². The number of unbranched alkanes of at least 4 members (excludes halogenated alkanes) is 39. The molecule has 3 N–H and O–H groups in total. The summed E-state index contributed by atoms with van der Waals surface area (Å²) >= 11 is 0. The standard InChI is InChI=1S/C54H105NO5/c1-3-5-7-9-11-13-15-17-22-26-30-34-38-42-46-52(57)51(50-56)55-53(58)47-43-39-35-31-27-23-20-19-21-25-29-33-37-41-45-49-60-54(59)48-44-40-36-32-28-24-18-16-14-12-10-8-6-4-2/h42,46,51-52,56-57H,3-41,43-45,47-50H2,1-2H3,(H,55,58)/b46-42+. The van der Waals surface area contributed by atoms with Gasteiger partial charge in [-0.25, -0.2) is 0 Å². The molecule has 0 rings (SSSR count). The SMILES string of the molecule is CCCCCCCCCCCCCC/C=C/C(O)C(CO)NC(=O)CCCCCCCCCCCCCCCCCOC(=O)CCCCCCCCCCCCCCCC. The molecule has 6 nitrogen and oxygen atoms in total. The summed E-state index contributed by atoms with van der Waals surface area (Å²) in [5.41, 5.74) is 0. The van der Waals surface area contributed by atoms with E-state index in [1.54, 1.807) is 6.08 Å². The number of rotatable bonds is 50. The smallest absolute Gasteiger partial charge is 0.305 e. The third-order valence-corrected chi connectivity index (χ3v) is 12.6. The quantitative estimate of drug-likeness (QED) is 0.0322. The summed E-state index contributed by atoms with van der Waals surface area (Å²) in [7, 11) is 0. The number of aliphatic hydroxyl groups is 2. The summed E-state index contributed by atoms with van der Waals surface area (Å²) in [5.74, 6) is -0.0733. The number of hydrogen-bond acceptors (Lipinski definition) is 5. The Morgan fingerprint density at radius 2 is 0.767 bits per heavy atom. The third-order valence-electron chi connectivity index (χ3n) is 12.6. The van der Waals surface area contributed by atoms with Gasteiger partial charge >= 0.3 is 5.97 Å². The molecule has 0 heterocycles. The van der Waals surface area contributed by atoms with E-state index in [2.05, 4.69) is 19.2 Å². The summed E-state index contributed by atoms with van der Waals surface area (Å²) in [5, 5.41) is 23.1. The number of carbonyl (C=O) groups excluding carboxylic acids is 2. The van der Waals surface area contributed by atoms with Crippen molar-refractivity contribution in [3.05, 3.63) is 12.2 Å². The van der Waals surface area contributed by atoms with Crippen LogP contribution in [-0.4, -0.2) is 47.4 Å². The molecule has 0 aromatic heterocycles. The number of nitrogens with one attached hydrogen (secondary N) is 1. The van der Waals surface area contributed by atoms with Crippen molar-refractivity contribution >= 4 is 11.9 Å². The van der Waals surface area contributed by atoms with Crippen molar-refractivity contribution in [1.29, 1.82) is 0 Å².